The molecule has 2 aliphatic heterocycles. The van der Waals surface area contributed by atoms with Gasteiger partial charge in [0.2, 0.25) is 5.28 Å². The van der Waals surface area contributed by atoms with E-state index in [4.69, 9.17) is 44.4 Å². The van der Waals surface area contributed by atoms with Crippen LogP contribution >= 0.6 is 11.6 Å². The molecule has 49 heavy (non-hydrogen) atoms. The maximum absolute atomic E-state index is 13.5. The Bertz CT molecular complexity index is 1570. The molecule has 0 N–H and O–H groups in total. The molecule has 2 saturated heterocycles. The summed E-state index contributed by atoms with van der Waals surface area (Å²) in [5.74, 6) is -1.87. The molecule has 2 amide bonds. The van der Waals surface area contributed by atoms with Gasteiger partial charge in [0.05, 0.1) is 24.8 Å². The summed E-state index contributed by atoms with van der Waals surface area (Å²) >= 11 is 6.45. The number of amides is 2. The predicted octanol–water partition coefficient (Wildman–Crippen LogP) is 6.53. The molecule has 0 aliphatic carbocycles. The van der Waals surface area contributed by atoms with E-state index in [-0.39, 0.29) is 40.4 Å². The lowest BCUT2D eigenvalue weighted by Gasteiger charge is -2.39. The maximum Gasteiger partial charge on any atom is 0.425 e. The smallest absolute Gasteiger partial charge is 0.425 e. The van der Waals surface area contributed by atoms with Crippen molar-refractivity contribution in [2.24, 2.45) is 0 Å². The minimum Gasteiger partial charge on any atom is -0.454 e. The average molecular weight is 728 g/mol. The molecule has 0 radical (unpaired) electrons. The number of anilines is 1. The first kappa shape index (κ1) is 38.9. The summed E-state index contributed by atoms with van der Waals surface area (Å²) in [6, 6.07) is 0. The Hall–Kier alpha value is -2.89. The average Bonchev–Trinajstić information content (AvgIpc) is 3.53. The molecule has 0 aromatic carbocycles. The first-order valence-electron chi connectivity index (χ1n) is 16.1. The van der Waals surface area contributed by atoms with Crippen LogP contribution in [0.3, 0.4) is 0 Å². The van der Waals surface area contributed by atoms with E-state index >= 15 is 0 Å². The van der Waals surface area contributed by atoms with Crippen molar-refractivity contribution in [1.82, 2.24) is 19.7 Å². The molecule has 2 aromatic rings. The highest BCUT2D eigenvalue weighted by molar-refractivity contribution is 6.74. The number of nitrogens with zero attached hydrogens (tertiary/aromatic N) is 5. The van der Waals surface area contributed by atoms with E-state index in [0.717, 1.165) is 0 Å². The topological polar surface area (TPSA) is 163 Å². The second-order valence-corrected chi connectivity index (χ2v) is 21.4. The third kappa shape index (κ3) is 8.36. The Morgan fingerprint density at radius 1 is 1.02 bits per heavy atom. The molecule has 2 fully saturated rings. The maximum atomic E-state index is 13.5. The Morgan fingerprint density at radius 3 is 2.06 bits per heavy atom. The quantitative estimate of drug-likeness (QED) is 0.137. The van der Waals surface area contributed by atoms with Crippen molar-refractivity contribution < 1.29 is 47.2 Å². The standard InChI is InChI=1S/C32H50ClN5O10Si/c1-18(39)44-21-24(45-20(16-43-49(13,14)30(8,9)10)32(21)17-42-31(11,12)48-32)38-23-19(15-34-38)22(35-25(33)36-23)37(26(40)46-28(2,3)4)27(41)47-29(5,6)7/h15,20-21,24H,16-17H2,1-14H3/t20-,21+,24-,32-/m1/s1. The van der Waals surface area contributed by atoms with E-state index in [0.29, 0.717) is 4.90 Å². The second-order valence-electron chi connectivity index (χ2n) is 16.3. The van der Waals surface area contributed by atoms with Crippen molar-refractivity contribution in [3.05, 3.63) is 11.5 Å². The van der Waals surface area contributed by atoms with Crippen LogP contribution < -0.4 is 4.90 Å². The number of hydrogen-bond acceptors (Lipinski definition) is 13. The van der Waals surface area contributed by atoms with Gasteiger partial charge in [-0.05, 0) is 85.1 Å². The summed E-state index contributed by atoms with van der Waals surface area (Å²) in [5.41, 5.74) is -3.19. The molecule has 0 saturated carbocycles. The lowest BCUT2D eigenvalue weighted by atomic mass is 9.93. The third-order valence-electron chi connectivity index (χ3n) is 8.38. The van der Waals surface area contributed by atoms with E-state index in [9.17, 15) is 14.4 Å². The zero-order chi connectivity index (χ0) is 37.1. The van der Waals surface area contributed by atoms with Crippen LogP contribution in [0, 0.1) is 0 Å². The number of carbonyl (C=O) groups is 3. The summed E-state index contributed by atoms with van der Waals surface area (Å²) in [5, 5.41) is 4.25. The minimum atomic E-state index is -2.28. The van der Waals surface area contributed by atoms with Gasteiger partial charge >= 0.3 is 18.2 Å². The largest absolute Gasteiger partial charge is 0.454 e. The molecule has 0 unspecified atom stereocenters. The van der Waals surface area contributed by atoms with E-state index in [1.807, 2.05) is 0 Å². The Kier molecular flexibility index (Phi) is 10.3. The highest BCUT2D eigenvalue weighted by atomic mass is 35.5. The van der Waals surface area contributed by atoms with E-state index in [1.54, 1.807) is 55.4 Å². The first-order chi connectivity index (χ1) is 22.2. The summed E-state index contributed by atoms with van der Waals surface area (Å²) < 4.78 is 44.2. The van der Waals surface area contributed by atoms with Crippen molar-refractivity contribution in [2.75, 3.05) is 18.1 Å². The van der Waals surface area contributed by atoms with Crippen LogP contribution in [0.1, 0.15) is 89.3 Å². The van der Waals surface area contributed by atoms with Gasteiger partial charge in [-0.3, -0.25) is 4.79 Å². The summed E-state index contributed by atoms with van der Waals surface area (Å²) in [7, 11) is -2.28. The fourth-order valence-electron chi connectivity index (χ4n) is 5.19. The van der Waals surface area contributed by atoms with Gasteiger partial charge in [-0.1, -0.05) is 20.8 Å². The lowest BCUT2D eigenvalue weighted by Crippen LogP contribution is -2.55. The van der Waals surface area contributed by atoms with E-state index in [1.165, 1.54) is 17.8 Å². The van der Waals surface area contributed by atoms with Gasteiger partial charge in [0, 0.05) is 6.92 Å². The zero-order valence-corrected chi connectivity index (χ0v) is 32.7. The van der Waals surface area contributed by atoms with Gasteiger partial charge in [0.15, 0.2) is 43.5 Å². The molecule has 2 aliphatic rings. The van der Waals surface area contributed by atoms with Crippen molar-refractivity contribution in [3.8, 4) is 0 Å². The van der Waals surface area contributed by atoms with Crippen molar-refractivity contribution in [1.29, 1.82) is 0 Å². The monoisotopic (exact) mass is 727 g/mol. The molecular formula is C32H50ClN5O10Si. The number of esters is 1. The molecule has 0 bridgehead atoms. The number of aromatic nitrogens is 4. The van der Waals surface area contributed by atoms with Crippen molar-refractivity contribution >= 4 is 54.9 Å². The molecule has 2 aromatic heterocycles. The van der Waals surface area contributed by atoms with Crippen LogP contribution in [0.4, 0.5) is 15.4 Å². The van der Waals surface area contributed by atoms with Crippen molar-refractivity contribution in [2.45, 2.75) is 142 Å². The molecule has 15 nitrogen and oxygen atoms in total. The van der Waals surface area contributed by atoms with Crippen LogP contribution in [0.25, 0.3) is 11.0 Å². The van der Waals surface area contributed by atoms with Gasteiger partial charge in [-0.15, -0.1) is 0 Å². The Morgan fingerprint density at radius 2 is 1.59 bits per heavy atom. The zero-order valence-electron chi connectivity index (χ0n) is 30.9. The summed E-state index contributed by atoms with van der Waals surface area (Å²) in [6.07, 6.45) is -3.79. The highest BCUT2D eigenvalue weighted by Gasteiger charge is 2.66. The number of rotatable bonds is 6. The number of ether oxygens (including phenoxy) is 6. The molecule has 1 spiro atoms. The van der Waals surface area contributed by atoms with Gasteiger partial charge in [0.25, 0.3) is 0 Å². The Balaban J connectivity index is 1.87. The minimum absolute atomic E-state index is 0.0191. The van der Waals surface area contributed by atoms with Crippen LogP contribution in [-0.4, -0.2) is 94.2 Å². The van der Waals surface area contributed by atoms with Gasteiger partial charge < -0.3 is 32.8 Å². The third-order valence-corrected chi connectivity index (χ3v) is 13.0. The lowest BCUT2D eigenvalue weighted by molar-refractivity contribution is -0.198. The Labute approximate surface area is 293 Å². The number of hydrogen-bond donors (Lipinski definition) is 0. The fourth-order valence-corrected chi connectivity index (χ4v) is 6.35. The molecular weight excluding hydrogens is 678 g/mol. The first-order valence-corrected chi connectivity index (χ1v) is 19.4. The van der Waals surface area contributed by atoms with E-state index < -0.39 is 67.5 Å². The molecule has 4 rings (SSSR count). The molecule has 274 valence electrons. The highest BCUT2D eigenvalue weighted by Crippen LogP contribution is 2.49. The van der Waals surface area contributed by atoms with E-state index in [2.05, 4.69) is 48.9 Å². The SMILES string of the molecule is CC(=O)O[C@H]1[C@H](n2ncc3c(N(C(=O)OC(C)(C)C)C(=O)OC(C)(C)C)nc(Cl)nc32)O[C@H](CO[Si](C)(C)C(C)(C)C)[C@]12COC(C)(C)O2. The fraction of sp³-hybridized carbons (Fsp3) is 0.750. The van der Waals surface area contributed by atoms with Gasteiger partial charge in [-0.2, -0.15) is 20.0 Å². The van der Waals surface area contributed by atoms with Crippen LogP contribution in [-0.2, 0) is 37.6 Å². The predicted molar refractivity (Wildman–Crippen MR) is 182 cm³/mol. The molecule has 17 heteroatoms. The van der Waals surface area contributed by atoms with Gasteiger partial charge in [0.1, 0.15) is 17.3 Å². The number of halogens is 1. The summed E-state index contributed by atoms with van der Waals surface area (Å²) in [4.78, 5) is 49.0. The normalized spacial score (nSPS) is 24.3. The van der Waals surface area contributed by atoms with Crippen LogP contribution in [0.2, 0.25) is 23.4 Å². The number of carbonyl (C=O) groups excluding carboxylic acids is 3. The van der Waals surface area contributed by atoms with Crippen molar-refractivity contribution in [3.63, 3.8) is 0 Å². The van der Waals surface area contributed by atoms with Crippen LogP contribution in [0.5, 0.6) is 0 Å². The second kappa shape index (κ2) is 13.0. The number of imide groups is 1. The van der Waals surface area contributed by atoms with Gasteiger partial charge in [-0.25, -0.2) is 14.3 Å². The summed E-state index contributed by atoms with van der Waals surface area (Å²) in [6.45, 7) is 25.5. The molecule has 4 heterocycles. The number of fused-ring (bicyclic) bond motifs is 1. The van der Waals surface area contributed by atoms with Crippen LogP contribution in [0.15, 0.2) is 6.20 Å². The molecule has 4 atom stereocenters.